The second-order valence-corrected chi connectivity index (χ2v) is 7.95. The van der Waals surface area contributed by atoms with Crippen molar-refractivity contribution < 1.29 is 18.3 Å². The van der Waals surface area contributed by atoms with Crippen molar-refractivity contribution in [2.75, 3.05) is 25.4 Å². The molecule has 0 aromatic heterocycles. The van der Waals surface area contributed by atoms with Gasteiger partial charge < -0.3 is 15.6 Å². The minimum Gasteiger partial charge on any atom is -0.492 e. The van der Waals surface area contributed by atoms with E-state index in [0.717, 1.165) is 18.4 Å². The lowest BCUT2D eigenvalue weighted by atomic mass is 10.1. The number of β-amino-alcohol motifs (C(OH)–C–C–N with tert-alkyl or cyclic N) is 1. The van der Waals surface area contributed by atoms with Gasteiger partial charge in [-0.1, -0.05) is 0 Å². The van der Waals surface area contributed by atoms with Crippen LogP contribution in [0.25, 0.3) is 0 Å². The molecule has 2 heterocycles. The normalized spacial score (nSPS) is 26.4. The molecule has 1 saturated heterocycles. The highest BCUT2D eigenvalue weighted by atomic mass is 32.2. The third kappa shape index (κ3) is 2.61. The molecule has 3 rings (SSSR count). The van der Waals surface area contributed by atoms with Crippen LogP contribution in [0, 0.1) is 0 Å². The minimum absolute atomic E-state index is 0.0961. The van der Waals surface area contributed by atoms with Crippen LogP contribution in [0.4, 0.5) is 5.69 Å². The minimum atomic E-state index is -3.71. The molecular weight excluding hydrogens is 292 g/mol. The van der Waals surface area contributed by atoms with E-state index < -0.39 is 15.6 Å². The molecule has 0 bridgehead atoms. The summed E-state index contributed by atoms with van der Waals surface area (Å²) in [6, 6.07) is 3.22. The van der Waals surface area contributed by atoms with Crippen LogP contribution in [-0.4, -0.2) is 43.1 Å². The zero-order valence-corrected chi connectivity index (χ0v) is 12.8. The number of nitrogen functional groups attached to an aromatic ring is 1. The van der Waals surface area contributed by atoms with E-state index in [2.05, 4.69) is 0 Å². The second-order valence-electron chi connectivity index (χ2n) is 6.04. The number of benzene rings is 1. The summed E-state index contributed by atoms with van der Waals surface area (Å²) >= 11 is 0. The first kappa shape index (κ1) is 14.6. The number of aliphatic hydroxyl groups is 1. The predicted molar refractivity (Wildman–Crippen MR) is 78.7 cm³/mol. The van der Waals surface area contributed by atoms with Crippen molar-refractivity contribution in [2.45, 2.75) is 36.7 Å². The average Bonchev–Trinajstić information content (AvgIpc) is 2.78. The van der Waals surface area contributed by atoms with Gasteiger partial charge in [-0.25, -0.2) is 8.42 Å². The number of hydrogen-bond acceptors (Lipinski definition) is 5. The van der Waals surface area contributed by atoms with Gasteiger partial charge in [-0.2, -0.15) is 4.31 Å². The number of sulfonamides is 1. The Morgan fingerprint density at radius 2 is 2.19 bits per heavy atom. The van der Waals surface area contributed by atoms with Crippen LogP contribution in [0.1, 0.15) is 25.3 Å². The Morgan fingerprint density at radius 1 is 1.43 bits per heavy atom. The number of anilines is 1. The molecule has 1 fully saturated rings. The van der Waals surface area contributed by atoms with Crippen LogP contribution in [-0.2, 0) is 16.4 Å². The van der Waals surface area contributed by atoms with Crippen molar-refractivity contribution >= 4 is 15.7 Å². The van der Waals surface area contributed by atoms with Crippen LogP contribution in [0.3, 0.4) is 0 Å². The molecule has 6 nitrogen and oxygen atoms in total. The highest BCUT2D eigenvalue weighted by molar-refractivity contribution is 7.89. The number of fused-ring (bicyclic) bond motifs is 1. The van der Waals surface area contributed by atoms with Crippen molar-refractivity contribution in [2.24, 2.45) is 0 Å². The fourth-order valence-corrected chi connectivity index (χ4v) is 4.68. The summed E-state index contributed by atoms with van der Waals surface area (Å²) in [6.45, 7) is 2.56. The van der Waals surface area contributed by atoms with E-state index in [1.807, 2.05) is 0 Å². The molecule has 1 aromatic rings. The molecule has 0 radical (unpaired) electrons. The molecule has 1 unspecified atom stereocenters. The van der Waals surface area contributed by atoms with Gasteiger partial charge in [0, 0.05) is 18.8 Å². The molecule has 0 spiro atoms. The first-order valence-electron chi connectivity index (χ1n) is 7.07. The third-order valence-corrected chi connectivity index (χ3v) is 5.88. The van der Waals surface area contributed by atoms with E-state index in [0.29, 0.717) is 31.0 Å². The fraction of sp³-hybridized carbons (Fsp3) is 0.571. The number of ether oxygens (including phenoxy) is 1. The van der Waals surface area contributed by atoms with Crippen molar-refractivity contribution in [3.8, 4) is 5.75 Å². The number of hydrogen-bond donors (Lipinski definition) is 2. The summed E-state index contributed by atoms with van der Waals surface area (Å²) in [5.74, 6) is 0.419. The SMILES string of the molecule is CC1(O)CCN(S(=O)(=O)c2cc(N)cc3c2OCCC3)C1. The summed E-state index contributed by atoms with van der Waals surface area (Å²) in [4.78, 5) is 0.120. The van der Waals surface area contributed by atoms with Crippen LogP contribution >= 0.6 is 0 Å². The largest absolute Gasteiger partial charge is 0.492 e. The summed E-state index contributed by atoms with van der Waals surface area (Å²) in [6.07, 6.45) is 2.05. The van der Waals surface area contributed by atoms with Gasteiger partial charge in [0.05, 0.1) is 12.2 Å². The van der Waals surface area contributed by atoms with Crippen molar-refractivity contribution in [1.29, 1.82) is 0 Å². The molecule has 0 saturated carbocycles. The average molecular weight is 312 g/mol. The van der Waals surface area contributed by atoms with Crippen LogP contribution in [0.15, 0.2) is 17.0 Å². The van der Waals surface area contributed by atoms with E-state index in [9.17, 15) is 13.5 Å². The molecular formula is C14H20N2O4S. The predicted octanol–water partition coefficient (Wildman–Crippen LogP) is 0.739. The van der Waals surface area contributed by atoms with Crippen LogP contribution in [0.2, 0.25) is 0 Å². The maximum atomic E-state index is 12.8. The number of nitrogens with zero attached hydrogens (tertiary/aromatic N) is 1. The van der Waals surface area contributed by atoms with Gasteiger partial charge in [0.1, 0.15) is 10.6 Å². The third-order valence-electron chi connectivity index (χ3n) is 4.03. The Balaban J connectivity index is 2.05. The van der Waals surface area contributed by atoms with Crippen LogP contribution < -0.4 is 10.5 Å². The number of aryl methyl sites for hydroxylation is 1. The summed E-state index contributed by atoms with van der Waals surface area (Å²) in [5, 5.41) is 10.0. The van der Waals surface area contributed by atoms with E-state index in [1.165, 1.54) is 10.4 Å². The second kappa shape index (κ2) is 4.86. The number of rotatable bonds is 2. The summed E-state index contributed by atoms with van der Waals surface area (Å²) in [7, 11) is -3.71. The molecule has 1 aromatic carbocycles. The Kier molecular flexibility index (Phi) is 3.38. The van der Waals surface area contributed by atoms with E-state index in [1.54, 1.807) is 13.0 Å². The Hall–Kier alpha value is -1.31. The Morgan fingerprint density at radius 3 is 2.86 bits per heavy atom. The standard InChI is InChI=1S/C14H20N2O4S/c1-14(17)4-5-16(9-14)21(18,19)12-8-11(15)7-10-3-2-6-20-13(10)12/h7-8,17H,2-6,9,15H2,1H3. The summed E-state index contributed by atoms with van der Waals surface area (Å²) < 4.78 is 32.5. The molecule has 0 amide bonds. The molecule has 3 N–H and O–H groups in total. The highest BCUT2D eigenvalue weighted by Gasteiger charge is 2.40. The van der Waals surface area contributed by atoms with E-state index in [-0.39, 0.29) is 11.4 Å². The lowest BCUT2D eigenvalue weighted by Gasteiger charge is -2.24. The molecule has 2 aliphatic rings. The topological polar surface area (TPSA) is 92.9 Å². The fourth-order valence-electron chi connectivity index (χ4n) is 2.91. The van der Waals surface area contributed by atoms with Gasteiger partial charge in [0.2, 0.25) is 10.0 Å². The lowest BCUT2D eigenvalue weighted by Crippen LogP contribution is -2.34. The molecule has 116 valence electrons. The highest BCUT2D eigenvalue weighted by Crippen LogP contribution is 2.37. The smallest absolute Gasteiger partial charge is 0.246 e. The van der Waals surface area contributed by atoms with Crippen LogP contribution in [0.5, 0.6) is 5.75 Å². The lowest BCUT2D eigenvalue weighted by molar-refractivity contribution is 0.0762. The van der Waals surface area contributed by atoms with Gasteiger partial charge in [-0.05, 0) is 43.9 Å². The molecule has 0 aliphatic carbocycles. The summed E-state index contributed by atoms with van der Waals surface area (Å²) in [5.41, 5.74) is 6.12. The van der Waals surface area contributed by atoms with E-state index in [4.69, 9.17) is 10.5 Å². The molecule has 1 atom stereocenters. The Labute approximate surface area is 124 Å². The van der Waals surface area contributed by atoms with Gasteiger partial charge in [0.25, 0.3) is 0 Å². The van der Waals surface area contributed by atoms with Gasteiger partial charge in [0.15, 0.2) is 0 Å². The molecule has 21 heavy (non-hydrogen) atoms. The van der Waals surface area contributed by atoms with E-state index >= 15 is 0 Å². The van der Waals surface area contributed by atoms with Crippen molar-refractivity contribution in [1.82, 2.24) is 4.31 Å². The zero-order chi connectivity index (χ0) is 15.3. The number of nitrogens with two attached hydrogens (primary N) is 1. The quantitative estimate of drug-likeness (QED) is 0.786. The zero-order valence-electron chi connectivity index (χ0n) is 12.0. The first-order chi connectivity index (χ1) is 9.79. The van der Waals surface area contributed by atoms with Crippen molar-refractivity contribution in [3.05, 3.63) is 17.7 Å². The first-order valence-corrected chi connectivity index (χ1v) is 8.51. The molecule has 7 heteroatoms. The van der Waals surface area contributed by atoms with Crippen molar-refractivity contribution in [3.63, 3.8) is 0 Å². The maximum Gasteiger partial charge on any atom is 0.246 e. The Bertz CT molecular complexity index is 670. The van der Waals surface area contributed by atoms with Gasteiger partial charge >= 0.3 is 0 Å². The monoisotopic (exact) mass is 312 g/mol. The maximum absolute atomic E-state index is 12.8. The van der Waals surface area contributed by atoms with Gasteiger partial charge in [-0.15, -0.1) is 0 Å². The van der Waals surface area contributed by atoms with Gasteiger partial charge in [-0.3, -0.25) is 0 Å². The molecule has 2 aliphatic heterocycles.